The van der Waals surface area contributed by atoms with E-state index in [0.717, 1.165) is 5.56 Å². The van der Waals surface area contributed by atoms with E-state index in [1.807, 2.05) is 68.4 Å². The summed E-state index contributed by atoms with van der Waals surface area (Å²) in [5.74, 6) is -1.96. The van der Waals surface area contributed by atoms with Gasteiger partial charge in [0.05, 0.1) is 5.69 Å². The Hall–Kier alpha value is -5.19. The van der Waals surface area contributed by atoms with E-state index in [-0.39, 0.29) is 54.9 Å². The Kier molecular flexibility index (Phi) is 13.1. The van der Waals surface area contributed by atoms with Crippen LogP contribution in [0.5, 0.6) is 0 Å². The molecule has 3 amide bonds. The van der Waals surface area contributed by atoms with Crippen LogP contribution in [-0.2, 0) is 20.7 Å². The van der Waals surface area contributed by atoms with Crippen LogP contribution in [0.3, 0.4) is 0 Å². The van der Waals surface area contributed by atoms with Crippen molar-refractivity contribution in [1.29, 1.82) is 0 Å². The Morgan fingerprint density at radius 3 is 1.92 bits per heavy atom. The first-order chi connectivity index (χ1) is 25.1. The maximum absolute atomic E-state index is 15.0. The Balaban J connectivity index is 1.68. The van der Waals surface area contributed by atoms with Gasteiger partial charge in [-0.1, -0.05) is 74.5 Å². The molecule has 4 aromatic carbocycles. The Morgan fingerprint density at radius 2 is 1.33 bits per heavy atom. The molecular formula is C42H45F2N3O5. The molecule has 272 valence electrons. The number of anilines is 1. The lowest BCUT2D eigenvalue weighted by atomic mass is 9.98. The van der Waals surface area contributed by atoms with Crippen LogP contribution >= 0.6 is 0 Å². The van der Waals surface area contributed by atoms with Crippen molar-refractivity contribution in [2.75, 3.05) is 45.3 Å². The van der Waals surface area contributed by atoms with Gasteiger partial charge < -0.3 is 24.2 Å². The molecule has 3 atom stereocenters. The van der Waals surface area contributed by atoms with E-state index >= 15 is 0 Å². The van der Waals surface area contributed by atoms with Crippen molar-refractivity contribution in [3.8, 4) is 0 Å². The van der Waals surface area contributed by atoms with Gasteiger partial charge >= 0.3 is 0 Å². The van der Waals surface area contributed by atoms with Crippen LogP contribution in [0.4, 0.5) is 14.5 Å². The minimum absolute atomic E-state index is 0.0175. The number of halogens is 2. The van der Waals surface area contributed by atoms with Crippen molar-refractivity contribution < 1.29 is 32.6 Å². The van der Waals surface area contributed by atoms with Gasteiger partial charge in [-0.25, -0.2) is 8.78 Å². The smallest absolute Gasteiger partial charge is 0.258 e. The molecule has 1 heterocycles. The number of methoxy groups -OCH3 is 2. The zero-order chi connectivity index (χ0) is 37.2. The minimum atomic E-state index is -0.950. The largest absolute Gasteiger partial charge is 0.377 e. The van der Waals surface area contributed by atoms with Gasteiger partial charge in [0.15, 0.2) is 0 Å². The molecule has 0 unspecified atom stereocenters. The average molecular weight is 710 g/mol. The summed E-state index contributed by atoms with van der Waals surface area (Å²) in [6, 6.07) is 26.5. The standard InChI is InChI=1S/C42H45F2N3O5/c1-29(2)27-45-28-38(51-3)39(52-4)35-14-8-9-15-36(35)46(40(48)31-16-20-33(43)21-17-31)24-10-11-25-47(41(49)32-18-22-34(44)23-19-32)37(42(45)50)26-30-12-6-5-7-13-30/h5-23,29,37-39H,24-28H2,1-4H3/b11-10+/t37-,38-,39-/m0/s1. The van der Waals surface area contributed by atoms with Gasteiger partial charge in [-0.2, -0.15) is 0 Å². The Morgan fingerprint density at radius 1 is 0.750 bits per heavy atom. The van der Waals surface area contributed by atoms with Crippen molar-refractivity contribution in [3.05, 3.63) is 149 Å². The maximum atomic E-state index is 15.0. The van der Waals surface area contributed by atoms with E-state index in [0.29, 0.717) is 17.8 Å². The molecule has 0 bridgehead atoms. The number of ether oxygens (including phenoxy) is 2. The number of nitrogens with zero attached hydrogens (tertiary/aromatic N) is 3. The molecule has 10 heteroatoms. The quantitative estimate of drug-likeness (QED) is 0.182. The third-order valence-electron chi connectivity index (χ3n) is 9.10. The summed E-state index contributed by atoms with van der Waals surface area (Å²) in [4.78, 5) is 48.3. The van der Waals surface area contributed by atoms with E-state index in [1.165, 1.54) is 53.4 Å². The second kappa shape index (κ2) is 17.8. The predicted molar refractivity (Wildman–Crippen MR) is 197 cm³/mol. The van der Waals surface area contributed by atoms with E-state index < -0.39 is 35.8 Å². The highest BCUT2D eigenvalue weighted by Gasteiger charge is 2.37. The molecule has 4 aromatic rings. The molecular weight excluding hydrogens is 664 g/mol. The summed E-state index contributed by atoms with van der Waals surface area (Å²) in [5, 5.41) is 0. The molecule has 52 heavy (non-hydrogen) atoms. The van der Waals surface area contributed by atoms with Gasteiger partial charge in [0.25, 0.3) is 11.8 Å². The van der Waals surface area contributed by atoms with Gasteiger partial charge in [-0.05, 0) is 66.1 Å². The predicted octanol–water partition coefficient (Wildman–Crippen LogP) is 7.12. The summed E-state index contributed by atoms with van der Waals surface area (Å²) in [5.41, 5.74) is 2.59. The van der Waals surface area contributed by atoms with E-state index in [9.17, 15) is 23.2 Å². The van der Waals surface area contributed by atoms with Crippen LogP contribution in [0.2, 0.25) is 0 Å². The molecule has 0 saturated heterocycles. The number of amides is 3. The Labute approximate surface area is 304 Å². The molecule has 1 aliphatic rings. The fraction of sp³-hybridized carbons (Fsp3) is 0.310. The zero-order valence-electron chi connectivity index (χ0n) is 30.0. The van der Waals surface area contributed by atoms with Crippen LogP contribution in [0.1, 0.15) is 51.8 Å². The van der Waals surface area contributed by atoms with Crippen LogP contribution in [-0.4, -0.2) is 80.1 Å². The molecule has 0 aromatic heterocycles. The van der Waals surface area contributed by atoms with Gasteiger partial charge in [0.2, 0.25) is 5.91 Å². The minimum Gasteiger partial charge on any atom is -0.377 e. The molecule has 0 saturated carbocycles. The van der Waals surface area contributed by atoms with Crippen molar-refractivity contribution in [1.82, 2.24) is 9.80 Å². The van der Waals surface area contributed by atoms with Crippen LogP contribution in [0, 0.1) is 17.6 Å². The molecule has 8 nitrogen and oxygen atoms in total. The Bertz CT molecular complexity index is 1830. The van der Waals surface area contributed by atoms with Crippen LogP contribution in [0.25, 0.3) is 0 Å². The number of carbonyl (C=O) groups is 3. The van der Waals surface area contributed by atoms with E-state index in [1.54, 1.807) is 36.2 Å². The summed E-state index contributed by atoms with van der Waals surface area (Å²) in [7, 11) is 3.11. The number of rotatable bonds is 8. The molecule has 0 fully saturated rings. The first-order valence-corrected chi connectivity index (χ1v) is 17.4. The van der Waals surface area contributed by atoms with Crippen LogP contribution < -0.4 is 4.90 Å². The van der Waals surface area contributed by atoms with Crippen molar-refractivity contribution >= 4 is 23.4 Å². The second-order valence-electron chi connectivity index (χ2n) is 13.2. The number of hydrogen-bond donors (Lipinski definition) is 0. The third-order valence-corrected chi connectivity index (χ3v) is 9.10. The fourth-order valence-electron chi connectivity index (χ4n) is 6.56. The normalized spacial score (nSPS) is 19.2. The van der Waals surface area contributed by atoms with E-state index in [2.05, 4.69) is 0 Å². The topological polar surface area (TPSA) is 79.4 Å². The lowest BCUT2D eigenvalue weighted by Crippen LogP contribution is -2.54. The molecule has 5 rings (SSSR count). The van der Waals surface area contributed by atoms with Crippen molar-refractivity contribution in [2.24, 2.45) is 5.92 Å². The number of benzene rings is 4. The number of hydrogen-bond acceptors (Lipinski definition) is 5. The highest BCUT2D eigenvalue weighted by Crippen LogP contribution is 2.34. The second-order valence-corrected chi connectivity index (χ2v) is 13.2. The maximum Gasteiger partial charge on any atom is 0.258 e. The lowest BCUT2D eigenvalue weighted by molar-refractivity contribution is -0.140. The molecule has 0 spiro atoms. The number of fused-ring (bicyclic) bond motifs is 1. The monoisotopic (exact) mass is 709 g/mol. The third kappa shape index (κ3) is 9.18. The number of para-hydroxylation sites is 1. The van der Waals surface area contributed by atoms with Gasteiger partial charge in [0, 0.05) is 63.5 Å². The number of carbonyl (C=O) groups excluding carboxylic acids is 3. The molecule has 1 aliphatic heterocycles. The van der Waals surface area contributed by atoms with E-state index in [4.69, 9.17) is 9.47 Å². The zero-order valence-corrected chi connectivity index (χ0v) is 30.0. The molecule has 0 N–H and O–H groups in total. The van der Waals surface area contributed by atoms with Gasteiger partial charge in [0.1, 0.15) is 29.9 Å². The molecule has 0 radical (unpaired) electrons. The van der Waals surface area contributed by atoms with Crippen molar-refractivity contribution in [3.63, 3.8) is 0 Å². The first kappa shape index (κ1) is 38.1. The fourth-order valence-corrected chi connectivity index (χ4v) is 6.56. The molecule has 0 aliphatic carbocycles. The SMILES string of the molecule is CO[C@H]1CN(CC(C)C)C(=O)[C@H](Cc2ccccc2)N(C(=O)c2ccc(F)cc2)C/C=C/CN(C(=O)c2ccc(F)cc2)c2ccccc2[C@@H]1OC. The summed E-state index contributed by atoms with van der Waals surface area (Å²) < 4.78 is 40.0. The summed E-state index contributed by atoms with van der Waals surface area (Å²) in [6.45, 7) is 4.61. The average Bonchev–Trinajstić information content (AvgIpc) is 3.15. The highest BCUT2D eigenvalue weighted by molar-refractivity contribution is 6.06. The van der Waals surface area contributed by atoms with Gasteiger partial charge in [-0.3, -0.25) is 14.4 Å². The van der Waals surface area contributed by atoms with Crippen molar-refractivity contribution in [2.45, 2.75) is 38.5 Å². The summed E-state index contributed by atoms with van der Waals surface area (Å²) >= 11 is 0. The first-order valence-electron chi connectivity index (χ1n) is 17.4. The van der Waals surface area contributed by atoms with Crippen LogP contribution in [0.15, 0.2) is 115 Å². The lowest BCUT2D eigenvalue weighted by Gasteiger charge is -2.38. The van der Waals surface area contributed by atoms with Gasteiger partial charge in [-0.15, -0.1) is 0 Å². The highest BCUT2D eigenvalue weighted by atomic mass is 19.1. The summed E-state index contributed by atoms with van der Waals surface area (Å²) in [6.07, 6.45) is 2.33.